The lowest BCUT2D eigenvalue weighted by Crippen LogP contribution is -2.51. The Morgan fingerprint density at radius 2 is 1.40 bits per heavy atom. The molecule has 2 aromatic rings. The second kappa shape index (κ2) is 11.1. The Morgan fingerprint density at radius 1 is 0.743 bits per heavy atom. The summed E-state index contributed by atoms with van der Waals surface area (Å²) in [7, 11) is 0. The molecule has 7 nitrogen and oxygen atoms in total. The fourth-order valence-electron chi connectivity index (χ4n) is 5.80. The molecule has 2 aromatic carbocycles. The van der Waals surface area contributed by atoms with E-state index in [1.807, 2.05) is 53.4 Å². The number of carbonyl (C=O) groups is 2. The third kappa shape index (κ3) is 5.78. The zero-order valence-corrected chi connectivity index (χ0v) is 20.5. The quantitative estimate of drug-likeness (QED) is 0.681. The molecule has 0 bridgehead atoms. The summed E-state index contributed by atoms with van der Waals surface area (Å²) in [6.07, 6.45) is 7.03. The lowest BCUT2D eigenvalue weighted by atomic mass is 10.0. The highest BCUT2D eigenvalue weighted by atomic mass is 16.2. The first-order valence-electron chi connectivity index (χ1n) is 13.2. The van der Waals surface area contributed by atoms with Crippen LogP contribution in [0.2, 0.25) is 0 Å². The van der Waals surface area contributed by atoms with Gasteiger partial charge in [-0.25, -0.2) is 4.79 Å². The molecule has 7 heteroatoms. The van der Waals surface area contributed by atoms with E-state index in [-0.39, 0.29) is 18.0 Å². The zero-order valence-electron chi connectivity index (χ0n) is 20.5. The van der Waals surface area contributed by atoms with Gasteiger partial charge in [-0.05, 0) is 49.9 Å². The zero-order chi connectivity index (χ0) is 24.0. The monoisotopic (exact) mass is 475 g/mol. The highest BCUT2D eigenvalue weighted by Crippen LogP contribution is 2.28. The van der Waals surface area contributed by atoms with Crippen LogP contribution in [0.25, 0.3) is 0 Å². The number of nitrogens with one attached hydrogen (secondary N) is 2. The molecule has 2 aliphatic heterocycles. The van der Waals surface area contributed by atoms with Crippen LogP contribution in [0.3, 0.4) is 0 Å². The van der Waals surface area contributed by atoms with Gasteiger partial charge >= 0.3 is 6.03 Å². The van der Waals surface area contributed by atoms with Crippen LogP contribution in [0.15, 0.2) is 54.6 Å². The molecule has 3 fully saturated rings. The lowest BCUT2D eigenvalue weighted by molar-refractivity contribution is 0.0574. The minimum Gasteiger partial charge on any atom is -0.371 e. The second-order valence-electron chi connectivity index (χ2n) is 10.0. The van der Waals surface area contributed by atoms with E-state index in [4.69, 9.17) is 0 Å². The van der Waals surface area contributed by atoms with Crippen LogP contribution in [0.1, 0.15) is 48.9 Å². The topological polar surface area (TPSA) is 67.9 Å². The average Bonchev–Trinajstić information content (AvgIpc) is 3.45. The van der Waals surface area contributed by atoms with Crippen molar-refractivity contribution in [1.29, 1.82) is 0 Å². The van der Waals surface area contributed by atoms with Gasteiger partial charge in [0.1, 0.15) is 0 Å². The molecule has 0 spiro atoms. The number of piperidine rings is 1. The Bertz CT molecular complexity index is 991. The summed E-state index contributed by atoms with van der Waals surface area (Å²) in [4.78, 5) is 32.8. The molecule has 0 atom stereocenters. The maximum absolute atomic E-state index is 13.5. The molecule has 2 N–H and O–H groups in total. The van der Waals surface area contributed by atoms with Gasteiger partial charge in [-0.15, -0.1) is 0 Å². The van der Waals surface area contributed by atoms with Gasteiger partial charge < -0.3 is 20.4 Å². The first-order valence-corrected chi connectivity index (χ1v) is 13.2. The number of para-hydroxylation sites is 2. The van der Waals surface area contributed by atoms with Gasteiger partial charge in [0.2, 0.25) is 0 Å². The Kier molecular flexibility index (Phi) is 7.52. The summed E-state index contributed by atoms with van der Waals surface area (Å²) < 4.78 is 0. The van der Waals surface area contributed by atoms with Crippen molar-refractivity contribution in [2.75, 3.05) is 49.5 Å². The molecule has 1 aliphatic carbocycles. The molecular formula is C28H37N5O2. The third-order valence-electron chi connectivity index (χ3n) is 7.78. The fourth-order valence-corrected chi connectivity index (χ4v) is 5.80. The summed E-state index contributed by atoms with van der Waals surface area (Å²) in [6, 6.07) is 18.2. The predicted molar refractivity (Wildman–Crippen MR) is 140 cm³/mol. The molecule has 0 aromatic heterocycles. The number of carbonyl (C=O) groups excluding carboxylic acids is 2. The number of rotatable bonds is 5. The van der Waals surface area contributed by atoms with Crippen molar-refractivity contribution in [1.82, 2.24) is 15.1 Å². The van der Waals surface area contributed by atoms with Crippen LogP contribution in [0.5, 0.6) is 0 Å². The molecule has 2 saturated heterocycles. The molecule has 1 saturated carbocycles. The van der Waals surface area contributed by atoms with Crippen LogP contribution in [-0.2, 0) is 0 Å². The summed E-state index contributed by atoms with van der Waals surface area (Å²) in [6.45, 7) is 5.23. The largest absolute Gasteiger partial charge is 0.371 e. The minimum absolute atomic E-state index is 0.126. The third-order valence-corrected chi connectivity index (χ3v) is 7.78. The van der Waals surface area contributed by atoms with Crippen molar-refractivity contribution in [2.24, 2.45) is 0 Å². The van der Waals surface area contributed by atoms with E-state index in [1.165, 1.54) is 25.7 Å². The molecule has 186 valence electrons. The SMILES string of the molecule is O=C(Nc1ccccc1)NC1CCN(c2ccccc2C(=O)N2CCN(C3CCCC3)CC2)CC1. The molecule has 3 aliphatic rings. The molecule has 3 amide bonds. The van der Waals surface area contributed by atoms with Gasteiger partial charge in [0.25, 0.3) is 5.91 Å². The van der Waals surface area contributed by atoms with Crippen molar-refractivity contribution >= 4 is 23.3 Å². The maximum Gasteiger partial charge on any atom is 0.319 e. The van der Waals surface area contributed by atoms with Crippen LogP contribution >= 0.6 is 0 Å². The molecular weight excluding hydrogens is 438 g/mol. The summed E-state index contributed by atoms with van der Waals surface area (Å²) in [5.41, 5.74) is 2.61. The summed E-state index contributed by atoms with van der Waals surface area (Å²) >= 11 is 0. The van der Waals surface area contributed by atoms with Crippen molar-refractivity contribution in [2.45, 2.75) is 50.6 Å². The van der Waals surface area contributed by atoms with Crippen LogP contribution in [0.4, 0.5) is 16.2 Å². The molecule has 2 heterocycles. The number of hydrogen-bond acceptors (Lipinski definition) is 4. The van der Waals surface area contributed by atoms with E-state index in [0.29, 0.717) is 0 Å². The first kappa shape index (κ1) is 23.7. The van der Waals surface area contributed by atoms with E-state index in [2.05, 4.69) is 26.5 Å². The normalized spacial score (nSPS) is 20.1. The van der Waals surface area contributed by atoms with Crippen molar-refractivity contribution in [3.63, 3.8) is 0 Å². The Balaban J connectivity index is 1.14. The smallest absolute Gasteiger partial charge is 0.319 e. The number of piperazine rings is 1. The van der Waals surface area contributed by atoms with E-state index in [0.717, 1.165) is 75.1 Å². The maximum atomic E-state index is 13.5. The van der Waals surface area contributed by atoms with Crippen LogP contribution in [-0.4, -0.2) is 73.1 Å². The number of hydrogen-bond donors (Lipinski definition) is 2. The number of urea groups is 1. The van der Waals surface area contributed by atoms with Gasteiger partial charge in [0.15, 0.2) is 0 Å². The molecule has 5 rings (SSSR count). The molecule has 35 heavy (non-hydrogen) atoms. The highest BCUT2D eigenvalue weighted by Gasteiger charge is 2.30. The first-order chi connectivity index (χ1) is 17.2. The van der Waals surface area contributed by atoms with Gasteiger partial charge in [-0.3, -0.25) is 9.69 Å². The number of nitrogens with zero attached hydrogens (tertiary/aromatic N) is 3. The highest BCUT2D eigenvalue weighted by molar-refractivity contribution is 6.00. The number of amides is 3. The Hall–Kier alpha value is -3.06. The van der Waals surface area contributed by atoms with Gasteiger partial charge in [0.05, 0.1) is 5.56 Å². The molecule has 0 radical (unpaired) electrons. The van der Waals surface area contributed by atoms with Crippen LogP contribution in [0, 0.1) is 0 Å². The summed E-state index contributed by atoms with van der Waals surface area (Å²) in [5.74, 6) is 0.147. The van der Waals surface area contributed by atoms with Gasteiger partial charge in [-0.2, -0.15) is 0 Å². The van der Waals surface area contributed by atoms with E-state index in [9.17, 15) is 9.59 Å². The minimum atomic E-state index is -0.165. The summed E-state index contributed by atoms with van der Waals surface area (Å²) in [5, 5.41) is 6.00. The van der Waals surface area contributed by atoms with Crippen molar-refractivity contribution in [3.8, 4) is 0 Å². The Labute approximate surface area is 208 Å². The Morgan fingerprint density at radius 3 is 2.11 bits per heavy atom. The van der Waals surface area contributed by atoms with E-state index in [1.54, 1.807) is 0 Å². The van der Waals surface area contributed by atoms with Gasteiger partial charge in [0, 0.05) is 62.7 Å². The van der Waals surface area contributed by atoms with E-state index < -0.39 is 0 Å². The lowest BCUT2D eigenvalue weighted by Gasteiger charge is -2.39. The predicted octanol–water partition coefficient (Wildman–Crippen LogP) is 4.18. The van der Waals surface area contributed by atoms with Crippen LogP contribution < -0.4 is 15.5 Å². The number of benzene rings is 2. The van der Waals surface area contributed by atoms with Crippen molar-refractivity contribution in [3.05, 3.63) is 60.2 Å². The van der Waals surface area contributed by atoms with E-state index >= 15 is 0 Å². The second-order valence-corrected chi connectivity index (χ2v) is 10.0. The number of anilines is 2. The average molecular weight is 476 g/mol. The van der Waals surface area contributed by atoms with Gasteiger partial charge in [-0.1, -0.05) is 43.2 Å². The fraction of sp³-hybridized carbons (Fsp3) is 0.500. The standard InChI is InChI=1S/C28H37N5O2/c34-27(33-20-18-31(19-21-33)24-10-4-5-11-24)25-12-6-7-13-26(25)32-16-14-23(15-17-32)30-28(35)29-22-8-2-1-3-9-22/h1-3,6-9,12-13,23-24H,4-5,10-11,14-21H2,(H2,29,30,35). The van der Waals surface area contributed by atoms with Crippen molar-refractivity contribution < 1.29 is 9.59 Å². The molecule has 0 unspecified atom stereocenters.